The number of benzene rings is 3. The highest BCUT2D eigenvalue weighted by Gasteiger charge is 2.20. The van der Waals surface area contributed by atoms with Crippen molar-refractivity contribution in [3.8, 4) is 17.2 Å². The molecule has 0 saturated heterocycles. The number of unbranched alkanes of at least 4 members (excludes halogenated alkanes) is 15. The van der Waals surface area contributed by atoms with Crippen LogP contribution in [-0.2, 0) is 19.3 Å². The lowest BCUT2D eigenvalue weighted by Gasteiger charge is -2.18. The first kappa shape index (κ1) is 37.9. The van der Waals surface area contributed by atoms with Crippen LogP contribution in [0.3, 0.4) is 0 Å². The van der Waals surface area contributed by atoms with Crippen molar-refractivity contribution < 1.29 is 13.6 Å². The minimum Gasteiger partial charge on any atom is -0.409 e. The van der Waals surface area contributed by atoms with Crippen LogP contribution in [0.2, 0.25) is 0 Å². The highest BCUT2D eigenvalue weighted by Crippen LogP contribution is 2.42. The first-order valence-electron chi connectivity index (χ1n) is 18.8. The van der Waals surface area contributed by atoms with Crippen LogP contribution in [-0.4, -0.2) is 0 Å². The van der Waals surface area contributed by atoms with Gasteiger partial charge in [0, 0.05) is 0 Å². The van der Waals surface area contributed by atoms with E-state index >= 15 is 0 Å². The molecule has 0 spiro atoms. The van der Waals surface area contributed by atoms with E-state index in [1.54, 1.807) is 0 Å². The Morgan fingerprint density at radius 1 is 0.326 bits per heavy atom. The van der Waals surface area contributed by atoms with Gasteiger partial charge >= 0.3 is 8.60 Å². The molecule has 0 radical (unpaired) electrons. The van der Waals surface area contributed by atoms with Gasteiger partial charge < -0.3 is 13.6 Å². The number of hydrogen-bond donors (Lipinski definition) is 0. The molecular weight excluding hydrogens is 583 g/mol. The molecule has 0 aromatic heterocycles. The Hall–Kier alpha value is -2.51. The van der Waals surface area contributed by atoms with Gasteiger partial charge in [-0.1, -0.05) is 153 Å². The standard InChI is InChI=1S/C42H63O3P/c1-4-7-10-13-16-19-22-37-25-31-40(32-26-37)43-46(44-41-33-27-38(28-34-41)23-20-17-14-11-8-5-2)45-42-35-29-39(30-36-42)24-21-18-15-12-9-6-3/h25-36H,4-24H2,1-3H3. The van der Waals surface area contributed by atoms with Crippen LogP contribution in [0, 0.1) is 0 Å². The second-order valence-electron chi connectivity index (χ2n) is 13.0. The normalized spacial score (nSPS) is 11.2. The predicted octanol–water partition coefficient (Wildman–Crippen LogP) is 14.2. The van der Waals surface area contributed by atoms with Gasteiger partial charge in [-0.3, -0.25) is 0 Å². The van der Waals surface area contributed by atoms with Crippen molar-refractivity contribution in [2.24, 2.45) is 0 Å². The van der Waals surface area contributed by atoms with Gasteiger partial charge in [-0.15, -0.1) is 0 Å². The zero-order valence-electron chi connectivity index (χ0n) is 29.4. The lowest BCUT2D eigenvalue weighted by Crippen LogP contribution is -2.03. The summed E-state index contributed by atoms with van der Waals surface area (Å²) in [5, 5.41) is 0. The van der Waals surface area contributed by atoms with Gasteiger partial charge in [-0.05, 0) is 91.6 Å². The molecule has 0 fully saturated rings. The van der Waals surface area contributed by atoms with Gasteiger partial charge in [-0.25, -0.2) is 0 Å². The van der Waals surface area contributed by atoms with Crippen LogP contribution in [0.25, 0.3) is 0 Å². The van der Waals surface area contributed by atoms with Gasteiger partial charge in [0.15, 0.2) is 0 Å². The molecule has 4 heteroatoms. The number of aryl methyl sites for hydroxylation is 3. The van der Waals surface area contributed by atoms with Crippen molar-refractivity contribution >= 4 is 8.60 Å². The molecule has 46 heavy (non-hydrogen) atoms. The lowest BCUT2D eigenvalue weighted by molar-refractivity contribution is 0.388. The van der Waals surface area contributed by atoms with Crippen LogP contribution in [0.15, 0.2) is 72.8 Å². The summed E-state index contributed by atoms with van der Waals surface area (Å²) in [6.45, 7) is 6.81. The summed E-state index contributed by atoms with van der Waals surface area (Å²) in [4.78, 5) is 0. The summed E-state index contributed by atoms with van der Waals surface area (Å²) < 4.78 is 19.1. The fourth-order valence-corrected chi connectivity index (χ4v) is 6.79. The van der Waals surface area contributed by atoms with E-state index in [0.29, 0.717) is 0 Å². The maximum absolute atomic E-state index is 6.35. The largest absolute Gasteiger partial charge is 0.530 e. The zero-order valence-corrected chi connectivity index (χ0v) is 30.3. The Morgan fingerprint density at radius 3 is 0.826 bits per heavy atom. The van der Waals surface area contributed by atoms with Crippen LogP contribution in [0.4, 0.5) is 0 Å². The molecule has 0 aliphatic heterocycles. The van der Waals surface area contributed by atoms with E-state index in [4.69, 9.17) is 13.6 Å². The molecule has 254 valence electrons. The minimum absolute atomic E-state index is 0.775. The monoisotopic (exact) mass is 646 g/mol. The molecule has 0 amide bonds. The number of hydrogen-bond acceptors (Lipinski definition) is 3. The van der Waals surface area contributed by atoms with Gasteiger partial charge in [0.1, 0.15) is 17.2 Å². The second kappa shape index (κ2) is 24.6. The molecule has 0 bridgehead atoms. The molecule has 0 unspecified atom stereocenters. The Morgan fingerprint density at radius 2 is 0.565 bits per heavy atom. The molecule has 3 nitrogen and oxygen atoms in total. The third-order valence-electron chi connectivity index (χ3n) is 8.77. The van der Waals surface area contributed by atoms with E-state index in [0.717, 1.165) is 36.5 Å². The fraction of sp³-hybridized carbons (Fsp3) is 0.571. The third-order valence-corrected chi connectivity index (χ3v) is 9.85. The average molecular weight is 647 g/mol. The van der Waals surface area contributed by atoms with Crippen molar-refractivity contribution in [1.29, 1.82) is 0 Å². The summed E-state index contributed by atoms with van der Waals surface area (Å²) in [5.41, 5.74) is 4.07. The molecule has 0 heterocycles. The van der Waals surface area contributed by atoms with Crippen LogP contribution >= 0.6 is 8.60 Å². The van der Waals surface area contributed by atoms with E-state index in [1.807, 2.05) is 0 Å². The van der Waals surface area contributed by atoms with Crippen molar-refractivity contribution in [1.82, 2.24) is 0 Å². The Balaban J connectivity index is 1.56. The van der Waals surface area contributed by atoms with E-state index in [2.05, 4.69) is 93.6 Å². The first-order valence-corrected chi connectivity index (χ1v) is 19.9. The Bertz CT molecular complexity index is 981. The average Bonchev–Trinajstić information content (AvgIpc) is 3.08. The summed E-state index contributed by atoms with van der Waals surface area (Å²) in [6, 6.07) is 25.4. The van der Waals surface area contributed by atoms with E-state index in [1.165, 1.54) is 132 Å². The summed E-state index contributed by atoms with van der Waals surface area (Å²) in [6.07, 6.45) is 27.0. The van der Waals surface area contributed by atoms with E-state index in [9.17, 15) is 0 Å². The lowest BCUT2D eigenvalue weighted by atomic mass is 10.1. The maximum Gasteiger partial charge on any atom is 0.530 e. The van der Waals surface area contributed by atoms with Crippen molar-refractivity contribution in [3.63, 3.8) is 0 Å². The summed E-state index contributed by atoms with van der Waals surface area (Å²) >= 11 is 0. The van der Waals surface area contributed by atoms with Gasteiger partial charge in [0.2, 0.25) is 0 Å². The molecule has 3 aromatic rings. The zero-order chi connectivity index (χ0) is 32.5. The van der Waals surface area contributed by atoms with Crippen LogP contribution < -0.4 is 13.6 Å². The Kier molecular flexibility index (Phi) is 20.3. The van der Waals surface area contributed by atoms with Gasteiger partial charge in [0.05, 0.1) is 0 Å². The predicted molar refractivity (Wildman–Crippen MR) is 199 cm³/mol. The SMILES string of the molecule is CCCCCCCCc1ccc(OP(Oc2ccc(CCCCCCCC)cc2)Oc2ccc(CCCCCCCC)cc2)cc1. The van der Waals surface area contributed by atoms with Crippen LogP contribution in [0.1, 0.15) is 153 Å². The molecule has 3 aromatic carbocycles. The third kappa shape index (κ3) is 16.9. The quantitative estimate of drug-likeness (QED) is 0.0609. The van der Waals surface area contributed by atoms with Crippen molar-refractivity contribution in [2.45, 2.75) is 156 Å². The van der Waals surface area contributed by atoms with Crippen LogP contribution in [0.5, 0.6) is 17.2 Å². The van der Waals surface area contributed by atoms with E-state index in [-0.39, 0.29) is 0 Å². The van der Waals surface area contributed by atoms with Gasteiger partial charge in [-0.2, -0.15) is 0 Å². The molecule has 0 atom stereocenters. The molecule has 0 aliphatic rings. The summed E-state index contributed by atoms with van der Waals surface area (Å²) in [7, 11) is -1.68. The van der Waals surface area contributed by atoms with Crippen molar-refractivity contribution in [3.05, 3.63) is 89.5 Å². The topological polar surface area (TPSA) is 27.7 Å². The maximum atomic E-state index is 6.35. The van der Waals surface area contributed by atoms with Crippen molar-refractivity contribution in [2.75, 3.05) is 0 Å². The molecule has 0 saturated carbocycles. The number of rotatable bonds is 27. The summed E-state index contributed by atoms with van der Waals surface area (Å²) in [5.74, 6) is 2.33. The van der Waals surface area contributed by atoms with Gasteiger partial charge in [0.25, 0.3) is 0 Å². The molecule has 3 rings (SSSR count). The van der Waals surface area contributed by atoms with E-state index < -0.39 is 8.60 Å². The smallest absolute Gasteiger partial charge is 0.409 e. The highest BCUT2D eigenvalue weighted by atomic mass is 31.2. The highest BCUT2D eigenvalue weighted by molar-refractivity contribution is 7.43. The minimum atomic E-state index is -1.68. The Labute approximate surface area is 283 Å². The molecule has 0 N–H and O–H groups in total. The first-order chi connectivity index (χ1) is 22.7. The molecule has 0 aliphatic carbocycles. The fourth-order valence-electron chi connectivity index (χ4n) is 5.79. The molecular formula is C42H63O3P. The second-order valence-corrected chi connectivity index (χ2v) is 14.0.